The second-order valence-corrected chi connectivity index (χ2v) is 20.7. The van der Waals surface area contributed by atoms with E-state index in [0.29, 0.717) is 55.6 Å². The molecule has 2 aliphatic heterocycles. The van der Waals surface area contributed by atoms with Crippen molar-refractivity contribution in [3.05, 3.63) is 130 Å². The van der Waals surface area contributed by atoms with Crippen molar-refractivity contribution in [2.24, 2.45) is 0 Å². The standard InChI is InChI=1S/C44H51FN2O9S3.3Na/c1-43(2)35-17-6-8-19-38(35)46(26-9-11-28-57(48,49)50)40(43)24-20-31-14-13-15-32(42(31)34-16-5-7-18-37(34)45)21-25-41-44(3,4)36-30-33(59(54,55)56)22-23-39(36)47(41)27-10-12-29-58(51,52)53;;;/h5,7-8,16-25,30H,9-15,26-29H2,1-4H3,(H,48,49,50)(H,51,52,53)(H,54,55,56);;;/q;3*+1/p-3. The van der Waals surface area contributed by atoms with Gasteiger partial charge in [0.05, 0.1) is 25.1 Å². The average Bonchev–Trinajstić information content (AvgIpc) is 3.50. The Kier molecular flexibility index (Phi) is 19.6. The predicted octanol–water partition coefficient (Wildman–Crippen LogP) is -1.63. The third-order valence-corrected chi connectivity index (χ3v) is 13.9. The summed E-state index contributed by atoms with van der Waals surface area (Å²) in [7, 11) is -13.5. The van der Waals surface area contributed by atoms with Crippen molar-refractivity contribution in [2.75, 3.05) is 29.5 Å². The third kappa shape index (κ3) is 12.8. The van der Waals surface area contributed by atoms with Crippen LogP contribution in [0.3, 0.4) is 0 Å². The molecule has 62 heavy (non-hydrogen) atoms. The van der Waals surface area contributed by atoms with E-state index in [9.17, 15) is 38.9 Å². The van der Waals surface area contributed by atoms with Crippen molar-refractivity contribution in [1.29, 1.82) is 0 Å². The fourth-order valence-electron chi connectivity index (χ4n) is 8.58. The summed E-state index contributed by atoms with van der Waals surface area (Å²) in [6, 6.07) is 19.7. The smallest absolute Gasteiger partial charge is 0.748 e. The number of allylic oxidation sites excluding steroid dienone is 8. The first kappa shape index (κ1) is 55.1. The van der Waals surface area contributed by atoms with Gasteiger partial charge >= 0.3 is 88.7 Å². The van der Waals surface area contributed by atoms with E-state index < -0.39 is 58.5 Å². The van der Waals surface area contributed by atoms with Crippen molar-refractivity contribution < 1.29 is 137 Å². The molecule has 11 nitrogen and oxygen atoms in total. The summed E-state index contributed by atoms with van der Waals surface area (Å²) in [5.74, 6) is -1.36. The molecule has 3 aromatic carbocycles. The fraction of sp³-hybridized carbons (Fsp3) is 0.386. The molecule has 316 valence electrons. The summed E-state index contributed by atoms with van der Waals surface area (Å²) in [4.78, 5) is 1.59. The van der Waals surface area contributed by atoms with Gasteiger partial charge in [0.25, 0.3) is 0 Å². The SMILES string of the molecule is CC1(C)C(/C=C/C2=C(c3ccccc3F)C(=C/C=C3/N(CCCCS(=O)(=O)[O-])c4ccc(S(=O)(=O)[O-])cc4C3(C)C)/CCC2)=[N+](CCCCS(=O)(=O)[O-])c2cc[c-]cc21.[Na+].[Na+].[Na+]. The van der Waals surface area contributed by atoms with Crippen molar-refractivity contribution in [3.63, 3.8) is 0 Å². The molecule has 3 aliphatic rings. The van der Waals surface area contributed by atoms with Gasteiger partial charge in [0.15, 0.2) is 5.71 Å². The molecule has 0 fully saturated rings. The van der Waals surface area contributed by atoms with Crippen LogP contribution >= 0.6 is 0 Å². The Labute approximate surface area is 432 Å². The Morgan fingerprint density at radius 1 is 0.790 bits per heavy atom. The molecule has 0 atom stereocenters. The molecule has 0 saturated heterocycles. The van der Waals surface area contributed by atoms with Crippen LogP contribution in [0, 0.1) is 11.9 Å². The zero-order chi connectivity index (χ0) is 43.0. The van der Waals surface area contributed by atoms with Crippen molar-refractivity contribution in [2.45, 2.75) is 88.4 Å². The minimum Gasteiger partial charge on any atom is -0.748 e. The van der Waals surface area contributed by atoms with E-state index in [0.717, 1.165) is 45.8 Å². The number of anilines is 1. The quantitative estimate of drug-likeness (QED) is 0.0566. The molecule has 0 radical (unpaired) electrons. The van der Waals surface area contributed by atoms with Crippen LogP contribution in [0.25, 0.3) is 5.57 Å². The Bertz CT molecular complexity index is 2660. The Morgan fingerprint density at radius 3 is 2.10 bits per heavy atom. The molecular weight excluding hydrogens is 885 g/mol. The molecule has 0 amide bonds. The van der Waals surface area contributed by atoms with Gasteiger partial charge in [-0.05, 0) is 91.1 Å². The maximum absolute atomic E-state index is 15.8. The number of hydrogen-bond donors (Lipinski definition) is 0. The third-order valence-electron chi connectivity index (χ3n) is 11.5. The summed E-state index contributed by atoms with van der Waals surface area (Å²) >= 11 is 0. The van der Waals surface area contributed by atoms with Gasteiger partial charge in [-0.2, -0.15) is 18.2 Å². The fourth-order valence-corrected chi connectivity index (χ4v) is 10.2. The van der Waals surface area contributed by atoms with Crippen LogP contribution in [-0.2, 0) is 41.2 Å². The normalized spacial score (nSPS) is 18.4. The first-order chi connectivity index (χ1) is 27.6. The molecule has 2 heterocycles. The Morgan fingerprint density at radius 2 is 1.45 bits per heavy atom. The summed E-state index contributed by atoms with van der Waals surface area (Å²) in [6.45, 7) is 8.82. The molecule has 0 N–H and O–H groups in total. The monoisotopic (exact) mass is 932 g/mol. The molecule has 6 rings (SSSR count). The van der Waals surface area contributed by atoms with Crippen LogP contribution in [-0.4, -0.2) is 73.8 Å². The number of rotatable bonds is 15. The first-order valence-corrected chi connectivity index (χ1v) is 24.1. The van der Waals surface area contributed by atoms with Gasteiger partial charge in [0, 0.05) is 58.3 Å². The first-order valence-electron chi connectivity index (χ1n) is 19.6. The molecule has 0 spiro atoms. The number of nitrogens with zero attached hydrogens (tertiary/aromatic N) is 2. The van der Waals surface area contributed by atoms with Gasteiger partial charge in [-0.15, -0.1) is 6.07 Å². The van der Waals surface area contributed by atoms with Crippen LogP contribution in [0.1, 0.15) is 89.3 Å². The van der Waals surface area contributed by atoms with Crippen LogP contribution in [0.2, 0.25) is 0 Å². The summed E-state index contributed by atoms with van der Waals surface area (Å²) in [6.07, 6.45) is 11.1. The van der Waals surface area contributed by atoms with Crippen LogP contribution in [0.15, 0.2) is 107 Å². The number of halogens is 1. The maximum Gasteiger partial charge on any atom is 1.00 e. The largest absolute Gasteiger partial charge is 1.00 e. The van der Waals surface area contributed by atoms with Gasteiger partial charge < -0.3 is 18.6 Å². The zero-order valence-electron chi connectivity index (χ0n) is 36.5. The number of fused-ring (bicyclic) bond motifs is 2. The van der Waals surface area contributed by atoms with Crippen molar-refractivity contribution >= 4 is 53.0 Å². The van der Waals surface area contributed by atoms with Crippen molar-refractivity contribution in [1.82, 2.24) is 0 Å². The van der Waals surface area contributed by atoms with Gasteiger partial charge in [-0.3, -0.25) is 0 Å². The van der Waals surface area contributed by atoms with Gasteiger partial charge in [0.2, 0.25) is 0 Å². The van der Waals surface area contributed by atoms with Gasteiger partial charge in [0.1, 0.15) is 28.2 Å². The van der Waals surface area contributed by atoms with E-state index in [2.05, 4.69) is 24.5 Å². The molecule has 0 unspecified atom stereocenters. The molecule has 3 aromatic rings. The van der Waals surface area contributed by atoms with E-state index in [4.69, 9.17) is 0 Å². The molecule has 1 aliphatic carbocycles. The van der Waals surface area contributed by atoms with Crippen LogP contribution in [0.4, 0.5) is 15.8 Å². The van der Waals surface area contributed by atoms with Crippen LogP contribution < -0.4 is 93.6 Å². The second kappa shape index (κ2) is 22.0. The van der Waals surface area contributed by atoms with E-state index in [1.807, 2.05) is 61.3 Å². The second-order valence-electron chi connectivity index (χ2n) is 16.3. The number of hydrogen-bond acceptors (Lipinski definition) is 10. The molecule has 0 bridgehead atoms. The molecule has 18 heteroatoms. The van der Waals surface area contributed by atoms with Crippen LogP contribution in [0.5, 0.6) is 0 Å². The topological polar surface area (TPSA) is 178 Å². The van der Waals surface area contributed by atoms with E-state index in [1.54, 1.807) is 24.3 Å². The average molecular weight is 933 g/mol. The number of benzene rings is 3. The van der Waals surface area contributed by atoms with E-state index >= 15 is 4.39 Å². The maximum atomic E-state index is 15.8. The minimum absolute atomic E-state index is 0. The summed E-state index contributed by atoms with van der Waals surface area (Å²) in [5, 5.41) is 0. The van der Waals surface area contributed by atoms with Gasteiger partial charge in [-0.25, -0.2) is 34.2 Å². The molecule has 0 saturated carbocycles. The van der Waals surface area contributed by atoms with E-state index in [-0.39, 0.29) is 106 Å². The van der Waals surface area contributed by atoms with E-state index in [1.165, 1.54) is 18.2 Å². The summed E-state index contributed by atoms with van der Waals surface area (Å²) in [5.41, 5.74) is 6.65. The predicted molar refractivity (Wildman–Crippen MR) is 223 cm³/mol. The van der Waals surface area contributed by atoms with Gasteiger partial charge in [-0.1, -0.05) is 63.6 Å². The Balaban J connectivity index is 0.00000341. The van der Waals surface area contributed by atoms with Crippen molar-refractivity contribution in [3.8, 4) is 0 Å². The minimum atomic E-state index is -4.76. The molecular formula is C44H48FN2Na3O9S3. The Hall–Kier alpha value is -1.25. The zero-order valence-corrected chi connectivity index (χ0v) is 45.0. The summed E-state index contributed by atoms with van der Waals surface area (Å²) < 4.78 is 122. The molecule has 0 aromatic heterocycles. The number of unbranched alkanes of at least 4 members (excludes halogenated alkanes) is 2.